The molecule has 0 amide bonds. The summed E-state index contributed by atoms with van der Waals surface area (Å²) in [6.45, 7) is 0. The van der Waals surface area contributed by atoms with Gasteiger partial charge in [0.25, 0.3) is 10.0 Å². The van der Waals surface area contributed by atoms with Gasteiger partial charge in [-0.15, -0.1) is 11.3 Å². The van der Waals surface area contributed by atoms with Crippen LogP contribution in [-0.2, 0) is 10.0 Å². The summed E-state index contributed by atoms with van der Waals surface area (Å²) in [6, 6.07) is 2.48. The molecule has 0 unspecified atom stereocenters. The van der Waals surface area contributed by atoms with Crippen molar-refractivity contribution in [3.05, 3.63) is 27.5 Å². The van der Waals surface area contributed by atoms with Crippen LogP contribution in [0, 0.1) is 0 Å². The molecule has 0 spiro atoms. The minimum Gasteiger partial charge on any atom is -0.481 e. The standard InChI is InChI=1S/C10H8ClN3O5S2/c1-19-7-4-6(11)12-10(13-7)14-21(17,18)5-2-3-20-8(5)9(15)16/h2-4H,1H3,(H,15,16)(H,12,13,14). The first-order valence-electron chi connectivity index (χ1n) is 5.25. The van der Waals surface area contributed by atoms with E-state index in [2.05, 4.69) is 14.7 Å². The van der Waals surface area contributed by atoms with Gasteiger partial charge in [0.05, 0.1) is 7.11 Å². The summed E-state index contributed by atoms with van der Waals surface area (Å²) < 4.78 is 31.2. The van der Waals surface area contributed by atoms with Crippen molar-refractivity contribution in [2.24, 2.45) is 0 Å². The van der Waals surface area contributed by atoms with Crippen LogP contribution in [0.5, 0.6) is 5.88 Å². The molecule has 0 aliphatic heterocycles. The summed E-state index contributed by atoms with van der Waals surface area (Å²) in [6.07, 6.45) is 0. The summed E-state index contributed by atoms with van der Waals surface area (Å²) in [5.41, 5.74) is 0. The highest BCUT2D eigenvalue weighted by Gasteiger charge is 2.25. The molecule has 0 radical (unpaired) electrons. The number of carboxylic acids is 1. The number of aromatic nitrogens is 2. The first-order valence-corrected chi connectivity index (χ1v) is 8.00. The first kappa shape index (κ1) is 15.5. The van der Waals surface area contributed by atoms with Gasteiger partial charge < -0.3 is 9.84 Å². The number of hydrogen-bond acceptors (Lipinski definition) is 7. The fourth-order valence-corrected chi connectivity index (χ4v) is 3.77. The fraction of sp³-hybridized carbons (Fsp3) is 0.100. The summed E-state index contributed by atoms with van der Waals surface area (Å²) in [4.78, 5) is 17.8. The molecule has 0 saturated heterocycles. The van der Waals surface area contributed by atoms with Gasteiger partial charge >= 0.3 is 5.97 Å². The SMILES string of the molecule is COc1cc(Cl)nc(NS(=O)(=O)c2ccsc2C(=O)O)n1. The van der Waals surface area contributed by atoms with Crippen molar-refractivity contribution in [2.45, 2.75) is 4.90 Å². The molecule has 2 heterocycles. The average molecular weight is 350 g/mol. The van der Waals surface area contributed by atoms with Gasteiger partial charge in [0.15, 0.2) is 0 Å². The van der Waals surface area contributed by atoms with Crippen LogP contribution in [0.2, 0.25) is 5.15 Å². The molecule has 11 heteroatoms. The number of halogens is 1. The maximum atomic E-state index is 12.2. The van der Waals surface area contributed by atoms with Crippen molar-refractivity contribution in [1.29, 1.82) is 0 Å². The lowest BCUT2D eigenvalue weighted by Gasteiger charge is -2.07. The molecular formula is C10H8ClN3O5S2. The second-order valence-electron chi connectivity index (χ2n) is 3.58. The Morgan fingerprint density at radius 1 is 1.48 bits per heavy atom. The Hall–Kier alpha value is -1.91. The van der Waals surface area contributed by atoms with Gasteiger partial charge in [-0.1, -0.05) is 11.6 Å². The van der Waals surface area contributed by atoms with Crippen LogP contribution >= 0.6 is 22.9 Å². The number of aromatic carboxylic acids is 1. The van der Waals surface area contributed by atoms with Crippen LogP contribution in [0.3, 0.4) is 0 Å². The first-order chi connectivity index (χ1) is 9.83. The van der Waals surface area contributed by atoms with Crippen molar-refractivity contribution in [2.75, 3.05) is 11.8 Å². The van der Waals surface area contributed by atoms with E-state index in [1.54, 1.807) is 0 Å². The molecule has 2 aromatic heterocycles. The normalized spacial score (nSPS) is 11.1. The number of nitrogens with zero attached hydrogens (tertiary/aromatic N) is 2. The molecular weight excluding hydrogens is 342 g/mol. The molecule has 0 atom stereocenters. The Labute approximate surface area is 128 Å². The number of ether oxygens (including phenoxy) is 1. The van der Waals surface area contributed by atoms with E-state index >= 15 is 0 Å². The Bertz CT molecular complexity index is 790. The number of carbonyl (C=O) groups is 1. The average Bonchev–Trinajstić information content (AvgIpc) is 2.87. The van der Waals surface area contributed by atoms with Gasteiger partial charge in [-0.05, 0) is 11.4 Å². The molecule has 21 heavy (non-hydrogen) atoms. The zero-order valence-corrected chi connectivity index (χ0v) is 12.8. The van der Waals surface area contributed by atoms with Crippen LogP contribution in [0.1, 0.15) is 9.67 Å². The molecule has 0 fully saturated rings. The third-order valence-electron chi connectivity index (χ3n) is 2.22. The fourth-order valence-electron chi connectivity index (χ4n) is 1.39. The molecule has 0 bridgehead atoms. The predicted molar refractivity (Wildman–Crippen MR) is 75.7 cm³/mol. The minimum absolute atomic E-state index is 0.0247. The second kappa shape index (κ2) is 5.84. The number of sulfonamides is 1. The van der Waals surface area contributed by atoms with Crippen LogP contribution in [0.25, 0.3) is 0 Å². The molecule has 0 aliphatic rings. The molecule has 2 aromatic rings. The third-order valence-corrected chi connectivity index (χ3v) is 4.81. The minimum atomic E-state index is -4.15. The van der Waals surface area contributed by atoms with Gasteiger partial charge in [-0.2, -0.15) is 4.98 Å². The van der Waals surface area contributed by atoms with E-state index < -0.39 is 16.0 Å². The molecule has 0 aliphatic carbocycles. The predicted octanol–water partition coefficient (Wildman–Crippen LogP) is 1.70. The number of nitrogens with one attached hydrogen (secondary N) is 1. The zero-order valence-electron chi connectivity index (χ0n) is 10.4. The summed E-state index contributed by atoms with van der Waals surface area (Å²) in [5, 5.41) is 10.3. The number of hydrogen-bond donors (Lipinski definition) is 2. The van der Waals surface area contributed by atoms with Gasteiger partial charge in [0.1, 0.15) is 14.9 Å². The van der Waals surface area contributed by atoms with Crippen molar-refractivity contribution in [1.82, 2.24) is 9.97 Å². The van der Waals surface area contributed by atoms with Gasteiger partial charge in [-0.25, -0.2) is 22.9 Å². The molecule has 8 nitrogen and oxygen atoms in total. The number of methoxy groups -OCH3 is 1. The number of rotatable bonds is 5. The quantitative estimate of drug-likeness (QED) is 0.788. The summed E-state index contributed by atoms with van der Waals surface area (Å²) >= 11 is 6.50. The Morgan fingerprint density at radius 2 is 2.19 bits per heavy atom. The lowest BCUT2D eigenvalue weighted by Crippen LogP contribution is -2.17. The van der Waals surface area contributed by atoms with E-state index in [1.807, 2.05) is 0 Å². The highest BCUT2D eigenvalue weighted by Crippen LogP contribution is 2.24. The summed E-state index contributed by atoms with van der Waals surface area (Å²) in [7, 11) is -2.82. The van der Waals surface area contributed by atoms with E-state index in [4.69, 9.17) is 21.4 Å². The topological polar surface area (TPSA) is 118 Å². The van der Waals surface area contributed by atoms with Crippen LogP contribution in [0.4, 0.5) is 5.95 Å². The molecule has 0 aromatic carbocycles. The Balaban J connectivity index is 2.40. The molecule has 0 saturated carbocycles. The van der Waals surface area contributed by atoms with Crippen LogP contribution in [0.15, 0.2) is 22.4 Å². The van der Waals surface area contributed by atoms with Crippen molar-refractivity contribution in [3.8, 4) is 5.88 Å². The maximum absolute atomic E-state index is 12.2. The Morgan fingerprint density at radius 3 is 2.81 bits per heavy atom. The van der Waals surface area contributed by atoms with Crippen LogP contribution in [-0.4, -0.2) is 36.6 Å². The van der Waals surface area contributed by atoms with Crippen molar-refractivity contribution < 1.29 is 23.1 Å². The number of anilines is 1. The van der Waals surface area contributed by atoms with E-state index in [9.17, 15) is 13.2 Å². The molecule has 2 N–H and O–H groups in total. The lowest BCUT2D eigenvalue weighted by atomic mass is 10.5. The Kier molecular flexibility index (Phi) is 4.30. The number of thiophene rings is 1. The lowest BCUT2D eigenvalue weighted by molar-refractivity contribution is 0.0698. The van der Waals surface area contributed by atoms with Crippen molar-refractivity contribution >= 4 is 44.9 Å². The summed E-state index contributed by atoms with van der Waals surface area (Å²) in [5.74, 6) is -1.59. The van der Waals surface area contributed by atoms with Crippen LogP contribution < -0.4 is 9.46 Å². The van der Waals surface area contributed by atoms with Gasteiger partial charge in [-0.3, -0.25) is 0 Å². The zero-order chi connectivity index (χ0) is 15.6. The third kappa shape index (κ3) is 3.40. The van der Waals surface area contributed by atoms with Crippen molar-refractivity contribution in [3.63, 3.8) is 0 Å². The molecule has 2 rings (SSSR count). The monoisotopic (exact) mass is 349 g/mol. The van der Waals surface area contributed by atoms with E-state index in [0.717, 1.165) is 11.3 Å². The highest BCUT2D eigenvalue weighted by atomic mass is 35.5. The van der Waals surface area contributed by atoms with E-state index in [1.165, 1.54) is 24.6 Å². The van der Waals surface area contributed by atoms with Gasteiger partial charge in [0, 0.05) is 6.07 Å². The molecule has 112 valence electrons. The van der Waals surface area contributed by atoms with E-state index in [0.29, 0.717) is 0 Å². The van der Waals surface area contributed by atoms with E-state index in [-0.39, 0.29) is 26.8 Å². The second-order valence-corrected chi connectivity index (χ2v) is 6.54. The smallest absolute Gasteiger partial charge is 0.347 e. The number of carboxylic acid groups (broad SMARTS) is 1. The maximum Gasteiger partial charge on any atom is 0.347 e. The van der Waals surface area contributed by atoms with Gasteiger partial charge in [0.2, 0.25) is 11.8 Å². The highest BCUT2D eigenvalue weighted by molar-refractivity contribution is 7.93. The largest absolute Gasteiger partial charge is 0.481 e.